The summed E-state index contributed by atoms with van der Waals surface area (Å²) in [7, 11) is 1.43. The minimum Gasteiger partial charge on any atom is -0.395 e. The van der Waals surface area contributed by atoms with Crippen molar-refractivity contribution in [2.24, 2.45) is 0 Å². The number of likely N-dealkylation sites (N-methyl/N-ethyl adjacent to an activating group) is 1. The van der Waals surface area contributed by atoms with Gasteiger partial charge in [0.25, 0.3) is 5.91 Å². The van der Waals surface area contributed by atoms with Crippen molar-refractivity contribution in [3.63, 3.8) is 0 Å². The number of alkyl halides is 3. The predicted octanol–water partition coefficient (Wildman–Crippen LogP) is 2.59. The number of hydrogen-bond donors (Lipinski definition) is 2. The minimum atomic E-state index is -4.54. The van der Waals surface area contributed by atoms with E-state index in [1.165, 1.54) is 24.1 Å². The molecule has 0 heterocycles. The maximum absolute atomic E-state index is 13.1. The van der Waals surface area contributed by atoms with Gasteiger partial charge >= 0.3 is 6.18 Å². The molecule has 1 amide bonds. The molecule has 0 saturated heterocycles. The minimum absolute atomic E-state index is 0.0364. The second-order valence-electron chi connectivity index (χ2n) is 4.64. The summed E-state index contributed by atoms with van der Waals surface area (Å²) in [5, 5.41) is 11.5. The molecule has 0 unspecified atom stereocenters. The number of aliphatic hydroxyl groups is 1. The second kappa shape index (κ2) is 7.31. The molecule has 0 fully saturated rings. The van der Waals surface area contributed by atoms with Crippen molar-refractivity contribution in [2.45, 2.75) is 19.5 Å². The second-order valence-corrected chi connectivity index (χ2v) is 4.64. The Morgan fingerprint density at radius 2 is 2.05 bits per heavy atom. The number of anilines is 1. The van der Waals surface area contributed by atoms with Gasteiger partial charge in [-0.1, -0.05) is 6.92 Å². The smallest absolute Gasteiger partial charge is 0.395 e. The van der Waals surface area contributed by atoms with Crippen LogP contribution in [0.15, 0.2) is 18.2 Å². The molecule has 0 saturated carbocycles. The molecular weight excluding hydrogens is 285 g/mol. The zero-order valence-electron chi connectivity index (χ0n) is 12.0. The quantitative estimate of drug-likeness (QED) is 0.849. The van der Waals surface area contributed by atoms with E-state index in [0.717, 1.165) is 6.07 Å². The van der Waals surface area contributed by atoms with Gasteiger partial charge in [-0.05, 0) is 24.6 Å². The molecule has 4 nitrogen and oxygen atoms in total. The first-order valence-corrected chi connectivity index (χ1v) is 6.62. The van der Waals surface area contributed by atoms with Gasteiger partial charge in [-0.2, -0.15) is 13.2 Å². The fourth-order valence-electron chi connectivity index (χ4n) is 1.80. The van der Waals surface area contributed by atoms with Crippen molar-refractivity contribution in [1.82, 2.24) is 4.90 Å². The summed E-state index contributed by atoms with van der Waals surface area (Å²) in [5.41, 5.74) is -0.953. The molecular formula is C14H19F3N2O2. The van der Waals surface area contributed by atoms with Crippen molar-refractivity contribution in [3.05, 3.63) is 29.3 Å². The number of benzene rings is 1. The van der Waals surface area contributed by atoms with Gasteiger partial charge in [-0.15, -0.1) is 0 Å². The number of rotatable bonds is 6. The molecule has 1 aromatic carbocycles. The molecule has 0 aromatic heterocycles. The van der Waals surface area contributed by atoms with Crippen molar-refractivity contribution < 1.29 is 23.1 Å². The lowest BCUT2D eigenvalue weighted by atomic mass is 10.1. The van der Waals surface area contributed by atoms with E-state index < -0.39 is 17.6 Å². The lowest BCUT2D eigenvalue weighted by molar-refractivity contribution is -0.137. The highest BCUT2D eigenvalue weighted by Gasteiger charge is 2.34. The van der Waals surface area contributed by atoms with Crippen molar-refractivity contribution >= 4 is 11.6 Å². The van der Waals surface area contributed by atoms with Crippen molar-refractivity contribution in [2.75, 3.05) is 32.1 Å². The maximum Gasteiger partial charge on any atom is 0.418 e. The highest BCUT2D eigenvalue weighted by molar-refractivity contribution is 5.94. The first-order chi connectivity index (χ1) is 9.81. The zero-order chi connectivity index (χ0) is 16.0. The van der Waals surface area contributed by atoms with Crippen LogP contribution >= 0.6 is 0 Å². The summed E-state index contributed by atoms with van der Waals surface area (Å²) in [6, 6.07) is 3.45. The fourth-order valence-corrected chi connectivity index (χ4v) is 1.80. The lowest BCUT2D eigenvalue weighted by Crippen LogP contribution is -2.29. The third kappa shape index (κ3) is 4.63. The van der Waals surface area contributed by atoms with E-state index in [9.17, 15) is 18.0 Å². The average Bonchev–Trinajstić information content (AvgIpc) is 2.43. The normalized spacial score (nSPS) is 11.3. The van der Waals surface area contributed by atoms with Gasteiger partial charge in [-0.25, -0.2) is 0 Å². The first kappa shape index (κ1) is 17.3. The Bertz CT molecular complexity index is 490. The molecule has 1 rings (SSSR count). The number of aliphatic hydroxyl groups excluding tert-OH is 1. The SMILES string of the molecule is CCCNc1ccc(C(=O)N(C)CCO)cc1C(F)(F)F. The molecule has 2 N–H and O–H groups in total. The van der Waals surface area contributed by atoms with Gasteiger partial charge in [0.15, 0.2) is 0 Å². The number of carbonyl (C=O) groups is 1. The average molecular weight is 304 g/mol. The molecule has 0 aliphatic rings. The molecule has 0 aliphatic heterocycles. The third-order valence-corrected chi connectivity index (χ3v) is 2.92. The van der Waals surface area contributed by atoms with Gasteiger partial charge in [0, 0.05) is 31.4 Å². The van der Waals surface area contributed by atoms with Crippen LogP contribution in [0.4, 0.5) is 18.9 Å². The van der Waals surface area contributed by atoms with Gasteiger partial charge in [0.2, 0.25) is 0 Å². The van der Waals surface area contributed by atoms with Crippen LogP contribution in [0.1, 0.15) is 29.3 Å². The van der Waals surface area contributed by atoms with E-state index in [1.54, 1.807) is 0 Å². The topological polar surface area (TPSA) is 52.6 Å². The van der Waals surface area contributed by atoms with Crippen LogP contribution in [0, 0.1) is 0 Å². The summed E-state index contributed by atoms with van der Waals surface area (Å²) in [6.07, 6.45) is -3.85. The number of nitrogens with zero attached hydrogens (tertiary/aromatic N) is 1. The van der Waals surface area contributed by atoms with Crippen molar-refractivity contribution in [3.8, 4) is 0 Å². The van der Waals surface area contributed by atoms with Gasteiger partial charge in [-0.3, -0.25) is 4.79 Å². The van der Waals surface area contributed by atoms with Crippen LogP contribution in [0.25, 0.3) is 0 Å². The fraction of sp³-hybridized carbons (Fsp3) is 0.500. The van der Waals surface area contributed by atoms with Gasteiger partial charge < -0.3 is 15.3 Å². The first-order valence-electron chi connectivity index (χ1n) is 6.62. The van der Waals surface area contributed by atoms with Crippen LogP contribution in [-0.4, -0.2) is 42.7 Å². The molecule has 0 bridgehead atoms. The Hall–Kier alpha value is -1.76. The Balaban J connectivity index is 3.12. The Morgan fingerprint density at radius 3 is 2.57 bits per heavy atom. The molecule has 21 heavy (non-hydrogen) atoms. The Kier molecular flexibility index (Phi) is 6.02. The number of hydrogen-bond acceptors (Lipinski definition) is 3. The van der Waals surface area contributed by atoms with Crippen molar-refractivity contribution in [1.29, 1.82) is 0 Å². The largest absolute Gasteiger partial charge is 0.418 e. The predicted molar refractivity (Wildman–Crippen MR) is 74.3 cm³/mol. The summed E-state index contributed by atoms with van der Waals surface area (Å²) in [5.74, 6) is -0.559. The van der Waals surface area contributed by atoms with E-state index in [1.807, 2.05) is 6.92 Å². The van der Waals surface area contributed by atoms with Crippen LogP contribution in [0.5, 0.6) is 0 Å². The van der Waals surface area contributed by atoms with Gasteiger partial charge in [0.1, 0.15) is 0 Å². The number of nitrogens with one attached hydrogen (secondary N) is 1. The maximum atomic E-state index is 13.1. The summed E-state index contributed by atoms with van der Waals surface area (Å²) < 4.78 is 39.2. The van der Waals surface area contributed by atoms with Crippen LogP contribution < -0.4 is 5.32 Å². The van der Waals surface area contributed by atoms with Crippen LogP contribution in [-0.2, 0) is 6.18 Å². The molecule has 0 spiro atoms. The summed E-state index contributed by atoms with van der Waals surface area (Å²) in [6.45, 7) is 2.09. The summed E-state index contributed by atoms with van der Waals surface area (Å²) >= 11 is 0. The monoisotopic (exact) mass is 304 g/mol. The molecule has 0 atom stereocenters. The van der Waals surface area contributed by atoms with Gasteiger partial charge in [0.05, 0.1) is 12.2 Å². The zero-order valence-corrected chi connectivity index (χ0v) is 12.0. The molecule has 0 radical (unpaired) electrons. The van der Waals surface area contributed by atoms with Crippen LogP contribution in [0.3, 0.4) is 0 Å². The molecule has 7 heteroatoms. The van der Waals surface area contributed by atoms with Crippen LogP contribution in [0.2, 0.25) is 0 Å². The Labute approximate surface area is 121 Å². The van der Waals surface area contributed by atoms with E-state index in [4.69, 9.17) is 5.11 Å². The van der Waals surface area contributed by atoms with E-state index >= 15 is 0 Å². The molecule has 0 aliphatic carbocycles. The van der Waals surface area contributed by atoms with E-state index in [0.29, 0.717) is 13.0 Å². The molecule has 118 valence electrons. The van der Waals surface area contributed by atoms with E-state index in [-0.39, 0.29) is 24.4 Å². The lowest BCUT2D eigenvalue weighted by Gasteiger charge is -2.19. The summed E-state index contributed by atoms with van der Waals surface area (Å²) in [4.78, 5) is 13.1. The third-order valence-electron chi connectivity index (χ3n) is 2.92. The standard InChI is InChI=1S/C14H19F3N2O2/c1-3-6-18-12-5-4-10(9-11(12)14(15,16)17)13(21)19(2)7-8-20/h4-5,9,18,20H,3,6-8H2,1-2H3. The number of carbonyl (C=O) groups excluding carboxylic acids is 1. The number of halogens is 3. The Morgan fingerprint density at radius 1 is 1.38 bits per heavy atom. The highest BCUT2D eigenvalue weighted by atomic mass is 19.4. The van der Waals surface area contributed by atoms with E-state index in [2.05, 4.69) is 5.32 Å². The highest BCUT2D eigenvalue weighted by Crippen LogP contribution is 2.35. The molecule has 1 aromatic rings. The number of amides is 1.